The van der Waals surface area contributed by atoms with Gasteiger partial charge in [0.25, 0.3) is 0 Å². The minimum atomic E-state index is -0.510. The lowest BCUT2D eigenvalue weighted by Crippen LogP contribution is -2.47. The highest BCUT2D eigenvalue weighted by Crippen LogP contribution is 2.29. The van der Waals surface area contributed by atoms with Crippen LogP contribution in [0.5, 0.6) is 0 Å². The van der Waals surface area contributed by atoms with Crippen molar-refractivity contribution in [2.45, 2.75) is 39.0 Å². The van der Waals surface area contributed by atoms with Crippen LogP contribution in [-0.4, -0.2) is 25.5 Å². The maximum absolute atomic E-state index is 12.6. The molecule has 0 atom stereocenters. The number of amides is 1. The Morgan fingerprint density at radius 1 is 1.29 bits per heavy atom. The highest BCUT2D eigenvalue weighted by molar-refractivity contribution is 9.10. The van der Waals surface area contributed by atoms with Gasteiger partial charge in [-0.05, 0) is 62.9 Å². The Morgan fingerprint density at radius 3 is 2.43 bits per heavy atom. The lowest BCUT2D eigenvalue weighted by Gasteiger charge is -2.35. The zero-order valence-electron chi connectivity index (χ0n) is 13.1. The molecule has 0 bridgehead atoms. The normalized spacial score (nSPS) is 18.3. The number of piperidine rings is 1. The first-order chi connectivity index (χ1) is 9.83. The van der Waals surface area contributed by atoms with Gasteiger partial charge in [-0.15, -0.1) is 0 Å². The first-order valence-electron chi connectivity index (χ1n) is 7.59. The third-order valence-electron chi connectivity index (χ3n) is 4.62. The van der Waals surface area contributed by atoms with Crippen LogP contribution in [0.2, 0.25) is 0 Å². The quantitative estimate of drug-likeness (QED) is 0.873. The van der Waals surface area contributed by atoms with Crippen LogP contribution >= 0.6 is 15.9 Å². The Hall–Kier alpha value is -0.870. The average Bonchev–Trinajstić information content (AvgIpc) is 2.46. The van der Waals surface area contributed by atoms with Crippen LogP contribution in [-0.2, 0) is 10.2 Å². The Bertz CT molecular complexity index is 490. The second-order valence-electron chi connectivity index (χ2n) is 6.88. The van der Waals surface area contributed by atoms with Crippen LogP contribution < -0.4 is 10.6 Å². The van der Waals surface area contributed by atoms with E-state index < -0.39 is 5.41 Å². The standard InChI is InChI=1S/C17H25BrN2O/c1-16(2,13-4-6-14(18)7-5-13)15(21)20-12-17(3)8-10-19-11-9-17/h4-7,19H,8-12H2,1-3H3,(H,20,21). The molecule has 2 rings (SSSR count). The molecular formula is C17H25BrN2O. The molecule has 1 saturated heterocycles. The molecule has 0 unspecified atom stereocenters. The van der Waals surface area contributed by atoms with Crippen molar-refractivity contribution in [1.82, 2.24) is 10.6 Å². The molecule has 1 fully saturated rings. The summed E-state index contributed by atoms with van der Waals surface area (Å²) in [4.78, 5) is 12.6. The summed E-state index contributed by atoms with van der Waals surface area (Å²) in [5.41, 5.74) is 0.749. The molecule has 3 nitrogen and oxygen atoms in total. The van der Waals surface area contributed by atoms with E-state index in [9.17, 15) is 4.79 Å². The molecule has 0 aromatic heterocycles. The predicted molar refractivity (Wildman–Crippen MR) is 90.4 cm³/mol. The molecule has 1 aliphatic heterocycles. The van der Waals surface area contributed by atoms with Gasteiger partial charge < -0.3 is 10.6 Å². The summed E-state index contributed by atoms with van der Waals surface area (Å²) in [6.45, 7) is 9.08. The maximum atomic E-state index is 12.6. The van der Waals surface area contributed by atoms with Crippen molar-refractivity contribution in [3.05, 3.63) is 34.3 Å². The molecule has 0 radical (unpaired) electrons. The molecule has 1 aromatic rings. The third-order valence-corrected chi connectivity index (χ3v) is 5.15. The van der Waals surface area contributed by atoms with Crippen LogP contribution in [0, 0.1) is 5.41 Å². The fourth-order valence-corrected chi connectivity index (χ4v) is 2.98. The average molecular weight is 353 g/mol. The molecule has 1 aliphatic rings. The lowest BCUT2D eigenvalue weighted by molar-refractivity contribution is -0.126. The summed E-state index contributed by atoms with van der Waals surface area (Å²) in [6, 6.07) is 7.99. The Labute approximate surface area is 136 Å². The van der Waals surface area contributed by atoms with Crippen molar-refractivity contribution in [3.8, 4) is 0 Å². The first kappa shape index (κ1) is 16.5. The van der Waals surface area contributed by atoms with Gasteiger partial charge in [0, 0.05) is 11.0 Å². The van der Waals surface area contributed by atoms with E-state index in [2.05, 4.69) is 33.5 Å². The number of carbonyl (C=O) groups excluding carboxylic acids is 1. The smallest absolute Gasteiger partial charge is 0.230 e. The van der Waals surface area contributed by atoms with Crippen molar-refractivity contribution < 1.29 is 4.79 Å². The van der Waals surface area contributed by atoms with Crippen molar-refractivity contribution in [3.63, 3.8) is 0 Å². The largest absolute Gasteiger partial charge is 0.355 e. The van der Waals surface area contributed by atoms with Crippen LogP contribution in [0.25, 0.3) is 0 Å². The second kappa shape index (κ2) is 6.49. The van der Waals surface area contributed by atoms with E-state index in [-0.39, 0.29) is 11.3 Å². The molecule has 2 N–H and O–H groups in total. The van der Waals surface area contributed by atoms with E-state index in [1.165, 1.54) is 0 Å². The molecular weight excluding hydrogens is 328 g/mol. The fourth-order valence-electron chi connectivity index (χ4n) is 2.72. The molecule has 0 spiro atoms. The van der Waals surface area contributed by atoms with Crippen molar-refractivity contribution in [2.75, 3.05) is 19.6 Å². The number of halogens is 1. The fraction of sp³-hybridized carbons (Fsp3) is 0.588. The van der Waals surface area contributed by atoms with E-state index in [0.29, 0.717) is 0 Å². The van der Waals surface area contributed by atoms with E-state index in [4.69, 9.17) is 0 Å². The summed E-state index contributed by atoms with van der Waals surface area (Å²) in [5.74, 6) is 0.101. The number of carbonyl (C=O) groups is 1. The van der Waals surface area contributed by atoms with Crippen molar-refractivity contribution >= 4 is 21.8 Å². The lowest BCUT2D eigenvalue weighted by atomic mass is 9.79. The minimum absolute atomic E-state index is 0.101. The summed E-state index contributed by atoms with van der Waals surface area (Å²) >= 11 is 3.43. The molecule has 0 aliphatic carbocycles. The molecule has 1 aromatic carbocycles. The first-order valence-corrected chi connectivity index (χ1v) is 8.38. The molecule has 0 saturated carbocycles. The minimum Gasteiger partial charge on any atom is -0.355 e. The highest BCUT2D eigenvalue weighted by atomic mass is 79.9. The van der Waals surface area contributed by atoms with E-state index >= 15 is 0 Å². The van der Waals surface area contributed by atoms with Gasteiger partial charge in [0.1, 0.15) is 0 Å². The van der Waals surface area contributed by atoms with Gasteiger partial charge in [0.15, 0.2) is 0 Å². The van der Waals surface area contributed by atoms with Gasteiger partial charge in [-0.1, -0.05) is 35.0 Å². The van der Waals surface area contributed by atoms with E-state index in [0.717, 1.165) is 42.5 Å². The monoisotopic (exact) mass is 352 g/mol. The van der Waals surface area contributed by atoms with Crippen LogP contribution in [0.3, 0.4) is 0 Å². The van der Waals surface area contributed by atoms with Gasteiger partial charge >= 0.3 is 0 Å². The van der Waals surface area contributed by atoms with Crippen LogP contribution in [0.1, 0.15) is 39.2 Å². The van der Waals surface area contributed by atoms with Crippen molar-refractivity contribution in [1.29, 1.82) is 0 Å². The Morgan fingerprint density at radius 2 is 1.86 bits per heavy atom. The molecule has 116 valence electrons. The number of benzene rings is 1. The van der Waals surface area contributed by atoms with Gasteiger partial charge in [-0.25, -0.2) is 0 Å². The summed E-state index contributed by atoms with van der Waals surface area (Å²) in [5, 5.41) is 6.54. The van der Waals surface area contributed by atoms with Gasteiger partial charge in [0.2, 0.25) is 5.91 Å². The summed E-state index contributed by atoms with van der Waals surface area (Å²) in [6.07, 6.45) is 2.23. The van der Waals surface area contributed by atoms with E-state index in [1.54, 1.807) is 0 Å². The summed E-state index contributed by atoms with van der Waals surface area (Å²) < 4.78 is 1.03. The third kappa shape index (κ3) is 4.07. The molecule has 4 heteroatoms. The van der Waals surface area contributed by atoms with Crippen molar-refractivity contribution in [2.24, 2.45) is 5.41 Å². The zero-order chi connectivity index (χ0) is 15.5. The second-order valence-corrected chi connectivity index (χ2v) is 7.79. The zero-order valence-corrected chi connectivity index (χ0v) is 14.7. The molecule has 21 heavy (non-hydrogen) atoms. The Balaban J connectivity index is 1.99. The van der Waals surface area contributed by atoms with E-state index in [1.807, 2.05) is 38.1 Å². The van der Waals surface area contributed by atoms with Gasteiger partial charge in [-0.3, -0.25) is 4.79 Å². The number of rotatable bonds is 4. The van der Waals surface area contributed by atoms with Gasteiger partial charge in [-0.2, -0.15) is 0 Å². The molecule has 1 heterocycles. The topological polar surface area (TPSA) is 41.1 Å². The molecule has 1 amide bonds. The van der Waals surface area contributed by atoms with Gasteiger partial charge in [0.05, 0.1) is 5.41 Å². The number of hydrogen-bond acceptors (Lipinski definition) is 2. The predicted octanol–water partition coefficient (Wildman–Crippen LogP) is 3.23. The SMILES string of the molecule is CC1(CNC(=O)C(C)(C)c2ccc(Br)cc2)CCNCC1. The van der Waals surface area contributed by atoms with Crippen LogP contribution in [0.15, 0.2) is 28.7 Å². The number of hydrogen-bond donors (Lipinski definition) is 2. The maximum Gasteiger partial charge on any atom is 0.230 e. The van der Waals surface area contributed by atoms with Crippen LogP contribution in [0.4, 0.5) is 0 Å². The number of nitrogens with one attached hydrogen (secondary N) is 2. The Kier molecular flexibility index (Phi) is 5.10. The highest BCUT2D eigenvalue weighted by Gasteiger charge is 2.32. The summed E-state index contributed by atoms with van der Waals surface area (Å²) in [7, 11) is 0.